The molecule has 1 atom stereocenters. The number of aliphatic hydroxyl groups excluding tert-OH is 1. The molecule has 0 radical (unpaired) electrons. The van der Waals surface area contributed by atoms with E-state index < -0.39 is 0 Å². The van der Waals surface area contributed by atoms with Crippen molar-refractivity contribution in [2.24, 2.45) is 0 Å². The second kappa shape index (κ2) is 5.98. The third kappa shape index (κ3) is 3.54. The fourth-order valence-electron chi connectivity index (χ4n) is 2.24. The highest BCUT2D eigenvalue weighted by atomic mass is 79.9. The Labute approximate surface area is 112 Å². The van der Waals surface area contributed by atoms with Crippen LogP contribution in [0.1, 0.15) is 37.7 Å². The van der Waals surface area contributed by atoms with Gasteiger partial charge in [0.2, 0.25) is 0 Å². The highest BCUT2D eigenvalue weighted by molar-refractivity contribution is 9.10. The minimum absolute atomic E-state index is 0.193. The Morgan fingerprint density at radius 1 is 1.35 bits per heavy atom. The molecule has 0 aliphatic heterocycles. The maximum absolute atomic E-state index is 9.47. The van der Waals surface area contributed by atoms with Gasteiger partial charge in [0.25, 0.3) is 0 Å². The van der Waals surface area contributed by atoms with Gasteiger partial charge in [0.05, 0.1) is 6.10 Å². The Hall–Kier alpha value is -0.380. The smallest absolute Gasteiger partial charge is 0.0662 e. The molecule has 0 aromatic heterocycles. The predicted octanol–water partition coefficient (Wildman–Crippen LogP) is 3.06. The molecule has 0 amide bonds. The van der Waals surface area contributed by atoms with Crippen LogP contribution >= 0.6 is 15.9 Å². The lowest BCUT2D eigenvalue weighted by Gasteiger charge is -2.37. The lowest BCUT2D eigenvalue weighted by molar-refractivity contribution is 0.151. The van der Waals surface area contributed by atoms with Gasteiger partial charge in [-0.05, 0) is 42.9 Å². The minimum Gasteiger partial charge on any atom is -0.392 e. The van der Waals surface area contributed by atoms with Crippen molar-refractivity contribution in [3.63, 3.8) is 0 Å². The maximum Gasteiger partial charge on any atom is 0.0662 e. The van der Waals surface area contributed by atoms with Gasteiger partial charge in [-0.2, -0.15) is 0 Å². The summed E-state index contributed by atoms with van der Waals surface area (Å²) in [5, 5.41) is 12.9. The summed E-state index contributed by atoms with van der Waals surface area (Å²) in [5.41, 5.74) is 1.43. The first kappa shape index (κ1) is 13.1. The van der Waals surface area contributed by atoms with E-state index in [1.165, 1.54) is 18.4 Å². The summed E-state index contributed by atoms with van der Waals surface area (Å²) in [6.45, 7) is 2.74. The van der Waals surface area contributed by atoms with Gasteiger partial charge in [-0.15, -0.1) is 0 Å². The standard InChI is InChI=1S/C14H20BrNO/c1-2-14(17)9-16-13-7-11(8-13)10-3-5-12(15)6-4-10/h3-6,11,13-14,16-17H,2,7-9H2,1H3. The molecule has 1 aromatic carbocycles. The summed E-state index contributed by atoms with van der Waals surface area (Å²) < 4.78 is 1.14. The fraction of sp³-hybridized carbons (Fsp3) is 0.571. The topological polar surface area (TPSA) is 32.3 Å². The zero-order valence-corrected chi connectivity index (χ0v) is 11.8. The number of hydrogen-bond donors (Lipinski definition) is 2. The normalized spacial score (nSPS) is 25.4. The van der Waals surface area contributed by atoms with E-state index in [4.69, 9.17) is 0 Å². The first-order chi connectivity index (χ1) is 8.19. The van der Waals surface area contributed by atoms with E-state index in [0.29, 0.717) is 12.0 Å². The molecular formula is C14H20BrNO. The largest absolute Gasteiger partial charge is 0.392 e. The van der Waals surface area contributed by atoms with Gasteiger partial charge in [-0.1, -0.05) is 35.0 Å². The number of rotatable bonds is 5. The molecule has 17 heavy (non-hydrogen) atoms. The average molecular weight is 298 g/mol. The van der Waals surface area contributed by atoms with Crippen molar-refractivity contribution in [1.29, 1.82) is 0 Å². The van der Waals surface area contributed by atoms with Crippen LogP contribution in [0.3, 0.4) is 0 Å². The number of aliphatic hydroxyl groups is 1. The van der Waals surface area contributed by atoms with E-state index in [2.05, 4.69) is 45.5 Å². The molecule has 0 bridgehead atoms. The third-order valence-corrected chi connectivity index (χ3v) is 4.12. The van der Waals surface area contributed by atoms with Gasteiger partial charge >= 0.3 is 0 Å². The average Bonchev–Trinajstić information content (AvgIpc) is 2.29. The van der Waals surface area contributed by atoms with Crippen molar-refractivity contribution in [2.45, 2.75) is 44.2 Å². The van der Waals surface area contributed by atoms with Crippen molar-refractivity contribution in [2.75, 3.05) is 6.54 Å². The zero-order valence-electron chi connectivity index (χ0n) is 10.2. The predicted molar refractivity (Wildman–Crippen MR) is 74.2 cm³/mol. The molecule has 1 aliphatic carbocycles. The molecule has 0 spiro atoms. The molecule has 3 heteroatoms. The Morgan fingerprint density at radius 2 is 2.00 bits per heavy atom. The van der Waals surface area contributed by atoms with E-state index in [-0.39, 0.29) is 6.10 Å². The van der Waals surface area contributed by atoms with Gasteiger partial charge < -0.3 is 10.4 Å². The van der Waals surface area contributed by atoms with Crippen LogP contribution in [0.15, 0.2) is 28.7 Å². The summed E-state index contributed by atoms with van der Waals surface area (Å²) in [4.78, 5) is 0. The van der Waals surface area contributed by atoms with E-state index in [9.17, 15) is 5.11 Å². The minimum atomic E-state index is -0.193. The van der Waals surface area contributed by atoms with Gasteiger partial charge in [0, 0.05) is 17.1 Å². The molecule has 1 aliphatic rings. The molecule has 0 heterocycles. The van der Waals surface area contributed by atoms with Crippen molar-refractivity contribution >= 4 is 15.9 Å². The highest BCUT2D eigenvalue weighted by Gasteiger charge is 2.29. The lowest BCUT2D eigenvalue weighted by Crippen LogP contribution is -2.43. The molecule has 1 aromatic rings. The molecule has 1 fully saturated rings. The quantitative estimate of drug-likeness (QED) is 0.875. The SMILES string of the molecule is CCC(O)CNC1CC(c2ccc(Br)cc2)C1. The van der Waals surface area contributed by atoms with E-state index in [1.54, 1.807) is 0 Å². The molecule has 2 nitrogen and oxygen atoms in total. The Bertz CT molecular complexity index is 346. The van der Waals surface area contributed by atoms with Crippen LogP contribution in [0.25, 0.3) is 0 Å². The highest BCUT2D eigenvalue weighted by Crippen LogP contribution is 2.37. The molecule has 2 rings (SSSR count). The second-order valence-electron chi connectivity index (χ2n) is 4.89. The summed E-state index contributed by atoms with van der Waals surface area (Å²) in [6.07, 6.45) is 3.02. The number of nitrogens with one attached hydrogen (secondary N) is 1. The molecule has 1 saturated carbocycles. The fourth-order valence-corrected chi connectivity index (χ4v) is 2.50. The maximum atomic E-state index is 9.47. The molecule has 94 valence electrons. The summed E-state index contributed by atoms with van der Waals surface area (Å²) >= 11 is 3.45. The van der Waals surface area contributed by atoms with Gasteiger partial charge in [0.15, 0.2) is 0 Å². The Kier molecular flexibility index (Phi) is 4.60. The number of hydrogen-bond acceptors (Lipinski definition) is 2. The summed E-state index contributed by atoms with van der Waals surface area (Å²) in [7, 11) is 0. The monoisotopic (exact) mass is 297 g/mol. The van der Waals surface area contributed by atoms with Gasteiger partial charge in [-0.25, -0.2) is 0 Å². The first-order valence-corrected chi connectivity index (χ1v) is 7.15. The van der Waals surface area contributed by atoms with Crippen molar-refractivity contribution in [3.05, 3.63) is 34.3 Å². The Morgan fingerprint density at radius 3 is 2.59 bits per heavy atom. The number of halogens is 1. The molecule has 2 N–H and O–H groups in total. The third-order valence-electron chi connectivity index (χ3n) is 3.59. The van der Waals surface area contributed by atoms with Crippen LogP contribution < -0.4 is 5.32 Å². The van der Waals surface area contributed by atoms with Crippen LogP contribution in [0.5, 0.6) is 0 Å². The van der Waals surface area contributed by atoms with Crippen LogP contribution in [0.2, 0.25) is 0 Å². The van der Waals surface area contributed by atoms with Crippen molar-refractivity contribution < 1.29 is 5.11 Å². The lowest BCUT2D eigenvalue weighted by atomic mass is 9.76. The molecular weight excluding hydrogens is 278 g/mol. The first-order valence-electron chi connectivity index (χ1n) is 6.36. The molecule has 0 saturated heterocycles. The van der Waals surface area contributed by atoms with Gasteiger partial charge in [0.1, 0.15) is 0 Å². The van der Waals surface area contributed by atoms with Crippen LogP contribution in [0.4, 0.5) is 0 Å². The van der Waals surface area contributed by atoms with Crippen molar-refractivity contribution in [3.8, 4) is 0 Å². The van der Waals surface area contributed by atoms with E-state index in [1.807, 2.05) is 6.92 Å². The van der Waals surface area contributed by atoms with E-state index >= 15 is 0 Å². The second-order valence-corrected chi connectivity index (χ2v) is 5.80. The summed E-state index contributed by atoms with van der Waals surface area (Å²) in [6, 6.07) is 9.20. The van der Waals surface area contributed by atoms with Gasteiger partial charge in [-0.3, -0.25) is 0 Å². The van der Waals surface area contributed by atoms with Crippen LogP contribution in [0, 0.1) is 0 Å². The Balaban J connectivity index is 1.73. The van der Waals surface area contributed by atoms with Crippen LogP contribution in [-0.4, -0.2) is 23.8 Å². The van der Waals surface area contributed by atoms with Crippen LogP contribution in [-0.2, 0) is 0 Å². The van der Waals surface area contributed by atoms with Crippen molar-refractivity contribution in [1.82, 2.24) is 5.32 Å². The van der Waals surface area contributed by atoms with E-state index in [0.717, 1.165) is 17.4 Å². The zero-order chi connectivity index (χ0) is 12.3. The number of benzene rings is 1. The summed E-state index contributed by atoms with van der Waals surface area (Å²) in [5.74, 6) is 0.694. The molecule has 1 unspecified atom stereocenters.